The molecule has 13 heavy (non-hydrogen) atoms. The molecular formula is C10H24N2O. The summed E-state index contributed by atoms with van der Waals surface area (Å²) in [6.07, 6.45) is 3.33. The van der Waals surface area contributed by atoms with Crippen molar-refractivity contribution in [3.63, 3.8) is 0 Å². The summed E-state index contributed by atoms with van der Waals surface area (Å²) in [6, 6.07) is 0. The number of rotatable bonds is 9. The maximum Gasteiger partial charge on any atom is 0.0478 e. The fourth-order valence-electron chi connectivity index (χ4n) is 1.22. The molecule has 0 bridgehead atoms. The molecule has 3 nitrogen and oxygen atoms in total. The predicted octanol–water partition coefficient (Wildman–Crippen LogP) is 1.08. The number of hydrogen-bond donors (Lipinski definition) is 1. The Bertz CT molecular complexity index is 98.9. The lowest BCUT2D eigenvalue weighted by molar-refractivity contribution is 0.123. The fourth-order valence-corrected chi connectivity index (χ4v) is 1.22. The van der Waals surface area contributed by atoms with Crippen LogP contribution < -0.4 is 5.73 Å². The van der Waals surface area contributed by atoms with Crippen molar-refractivity contribution in [3.8, 4) is 0 Å². The highest BCUT2D eigenvalue weighted by Gasteiger charge is 1.95. The predicted molar refractivity (Wildman–Crippen MR) is 56.9 cm³/mol. The summed E-state index contributed by atoms with van der Waals surface area (Å²) < 4.78 is 5.40. The van der Waals surface area contributed by atoms with E-state index in [1.54, 1.807) is 0 Å². The Kier molecular flexibility index (Phi) is 9.87. The van der Waals surface area contributed by atoms with E-state index in [2.05, 4.69) is 18.9 Å². The van der Waals surface area contributed by atoms with Crippen molar-refractivity contribution in [2.24, 2.45) is 5.73 Å². The van der Waals surface area contributed by atoms with E-state index in [9.17, 15) is 0 Å². The van der Waals surface area contributed by atoms with Crippen molar-refractivity contribution < 1.29 is 4.74 Å². The molecule has 0 amide bonds. The minimum absolute atomic E-state index is 0.732. The Labute approximate surface area is 82.2 Å². The van der Waals surface area contributed by atoms with Gasteiger partial charge in [0.1, 0.15) is 0 Å². The van der Waals surface area contributed by atoms with Crippen LogP contribution in [-0.2, 0) is 4.74 Å². The molecule has 3 heteroatoms. The van der Waals surface area contributed by atoms with Gasteiger partial charge in [-0.05, 0) is 39.4 Å². The van der Waals surface area contributed by atoms with E-state index in [1.165, 1.54) is 13.0 Å². The Morgan fingerprint density at radius 3 is 2.46 bits per heavy atom. The maximum atomic E-state index is 5.40. The first-order chi connectivity index (χ1) is 6.31. The minimum Gasteiger partial charge on any atom is -0.381 e. The van der Waals surface area contributed by atoms with Crippen molar-refractivity contribution in [2.45, 2.75) is 26.2 Å². The molecule has 0 saturated carbocycles. The quantitative estimate of drug-likeness (QED) is 0.550. The van der Waals surface area contributed by atoms with Gasteiger partial charge in [0.25, 0.3) is 0 Å². The largest absolute Gasteiger partial charge is 0.381 e. The average molecular weight is 188 g/mol. The van der Waals surface area contributed by atoms with E-state index in [0.717, 1.165) is 39.1 Å². The minimum atomic E-state index is 0.732. The third-order valence-corrected chi connectivity index (χ3v) is 1.93. The smallest absolute Gasteiger partial charge is 0.0478 e. The topological polar surface area (TPSA) is 38.5 Å². The van der Waals surface area contributed by atoms with Crippen LogP contribution in [0.25, 0.3) is 0 Å². The van der Waals surface area contributed by atoms with Crippen LogP contribution in [-0.4, -0.2) is 44.8 Å². The number of hydrogen-bond acceptors (Lipinski definition) is 3. The molecular weight excluding hydrogens is 164 g/mol. The number of nitrogens with zero attached hydrogens (tertiary/aromatic N) is 1. The Morgan fingerprint density at radius 1 is 1.15 bits per heavy atom. The van der Waals surface area contributed by atoms with E-state index >= 15 is 0 Å². The van der Waals surface area contributed by atoms with E-state index in [4.69, 9.17) is 10.5 Å². The molecule has 0 aliphatic heterocycles. The Morgan fingerprint density at radius 2 is 1.85 bits per heavy atom. The lowest BCUT2D eigenvalue weighted by Gasteiger charge is -2.14. The van der Waals surface area contributed by atoms with Crippen molar-refractivity contribution in [2.75, 3.05) is 39.9 Å². The number of ether oxygens (including phenoxy) is 1. The molecule has 0 aromatic rings. The van der Waals surface area contributed by atoms with Gasteiger partial charge in [-0.25, -0.2) is 0 Å². The first-order valence-corrected chi connectivity index (χ1v) is 5.27. The maximum absolute atomic E-state index is 5.40. The summed E-state index contributed by atoms with van der Waals surface area (Å²) >= 11 is 0. The van der Waals surface area contributed by atoms with Crippen LogP contribution in [0.3, 0.4) is 0 Å². The van der Waals surface area contributed by atoms with E-state index in [-0.39, 0.29) is 0 Å². The van der Waals surface area contributed by atoms with Gasteiger partial charge >= 0.3 is 0 Å². The van der Waals surface area contributed by atoms with Gasteiger partial charge in [-0.15, -0.1) is 0 Å². The average Bonchev–Trinajstić information content (AvgIpc) is 2.11. The molecule has 0 aliphatic carbocycles. The molecule has 0 aromatic heterocycles. The van der Waals surface area contributed by atoms with Gasteiger partial charge in [-0.2, -0.15) is 0 Å². The summed E-state index contributed by atoms with van der Waals surface area (Å²) in [5, 5.41) is 0. The van der Waals surface area contributed by atoms with Crippen molar-refractivity contribution in [1.82, 2.24) is 4.90 Å². The standard InChI is InChI=1S/C10H24N2O/c1-3-7-12(2)8-5-10-13-9-4-6-11/h3-11H2,1-2H3. The summed E-state index contributed by atoms with van der Waals surface area (Å²) in [5.74, 6) is 0. The van der Waals surface area contributed by atoms with Crippen LogP contribution in [0.5, 0.6) is 0 Å². The molecule has 0 rings (SSSR count). The third kappa shape index (κ3) is 9.80. The van der Waals surface area contributed by atoms with E-state index in [0.29, 0.717) is 0 Å². The summed E-state index contributed by atoms with van der Waals surface area (Å²) in [5.41, 5.74) is 5.34. The third-order valence-electron chi connectivity index (χ3n) is 1.93. The van der Waals surface area contributed by atoms with Crippen LogP contribution >= 0.6 is 0 Å². The van der Waals surface area contributed by atoms with Crippen LogP contribution in [0.2, 0.25) is 0 Å². The van der Waals surface area contributed by atoms with E-state index in [1.807, 2.05) is 0 Å². The van der Waals surface area contributed by atoms with E-state index < -0.39 is 0 Å². The monoisotopic (exact) mass is 188 g/mol. The first kappa shape index (κ1) is 12.9. The lowest BCUT2D eigenvalue weighted by Crippen LogP contribution is -2.21. The second-order valence-corrected chi connectivity index (χ2v) is 3.41. The fraction of sp³-hybridized carbons (Fsp3) is 1.00. The summed E-state index contributed by atoms with van der Waals surface area (Å²) in [7, 11) is 2.16. The molecule has 0 aliphatic rings. The van der Waals surface area contributed by atoms with Crippen LogP contribution in [0.15, 0.2) is 0 Å². The van der Waals surface area contributed by atoms with Crippen molar-refractivity contribution >= 4 is 0 Å². The zero-order valence-electron chi connectivity index (χ0n) is 9.09. The molecule has 0 atom stereocenters. The molecule has 0 aromatic carbocycles. The van der Waals surface area contributed by atoms with Crippen LogP contribution in [0, 0.1) is 0 Å². The molecule has 0 heterocycles. The Hall–Kier alpha value is -0.120. The zero-order chi connectivity index (χ0) is 9.94. The van der Waals surface area contributed by atoms with Crippen molar-refractivity contribution in [3.05, 3.63) is 0 Å². The van der Waals surface area contributed by atoms with Gasteiger partial charge in [-0.1, -0.05) is 6.92 Å². The second-order valence-electron chi connectivity index (χ2n) is 3.41. The highest BCUT2D eigenvalue weighted by Crippen LogP contribution is 1.91. The van der Waals surface area contributed by atoms with Gasteiger partial charge < -0.3 is 15.4 Å². The summed E-state index contributed by atoms with van der Waals surface area (Å²) in [6.45, 7) is 6.94. The SMILES string of the molecule is CCCN(C)CCCOCCCN. The second kappa shape index (κ2) is 9.96. The molecule has 0 spiro atoms. The molecule has 0 radical (unpaired) electrons. The van der Waals surface area contributed by atoms with Gasteiger partial charge in [0.15, 0.2) is 0 Å². The molecule has 2 N–H and O–H groups in total. The molecule has 0 fully saturated rings. The Balaban J connectivity index is 2.97. The lowest BCUT2D eigenvalue weighted by atomic mass is 10.4. The zero-order valence-corrected chi connectivity index (χ0v) is 9.09. The van der Waals surface area contributed by atoms with Crippen LogP contribution in [0.1, 0.15) is 26.2 Å². The number of nitrogens with two attached hydrogens (primary N) is 1. The highest BCUT2D eigenvalue weighted by molar-refractivity contribution is 4.49. The van der Waals surface area contributed by atoms with Crippen molar-refractivity contribution in [1.29, 1.82) is 0 Å². The highest BCUT2D eigenvalue weighted by atomic mass is 16.5. The first-order valence-electron chi connectivity index (χ1n) is 5.27. The molecule has 0 saturated heterocycles. The van der Waals surface area contributed by atoms with Crippen LogP contribution in [0.4, 0.5) is 0 Å². The van der Waals surface area contributed by atoms with Gasteiger partial charge in [0, 0.05) is 19.8 Å². The van der Waals surface area contributed by atoms with Gasteiger partial charge in [0.2, 0.25) is 0 Å². The normalized spacial score (nSPS) is 11.1. The van der Waals surface area contributed by atoms with Gasteiger partial charge in [-0.3, -0.25) is 0 Å². The van der Waals surface area contributed by atoms with Gasteiger partial charge in [0.05, 0.1) is 0 Å². The molecule has 0 unspecified atom stereocenters. The summed E-state index contributed by atoms with van der Waals surface area (Å²) in [4.78, 5) is 2.34. The molecule has 80 valence electrons.